The fourth-order valence-corrected chi connectivity index (χ4v) is 1.98. The minimum absolute atomic E-state index is 0. The molecule has 0 bridgehead atoms. The van der Waals surface area contributed by atoms with E-state index in [1.807, 2.05) is 0 Å². The van der Waals surface area contributed by atoms with E-state index in [2.05, 4.69) is 8.83 Å². The highest BCUT2D eigenvalue weighted by Crippen LogP contribution is 2.46. The Morgan fingerprint density at radius 1 is 1.62 bits per heavy atom. The number of rotatable bonds is 5. The highest BCUT2D eigenvalue weighted by molar-refractivity contribution is 7.56. The van der Waals surface area contributed by atoms with Crippen molar-refractivity contribution in [2.75, 3.05) is 13.3 Å². The van der Waals surface area contributed by atoms with Gasteiger partial charge < -0.3 is 14.9 Å². The molecule has 0 aromatic heterocycles. The van der Waals surface area contributed by atoms with Crippen molar-refractivity contribution in [3.63, 3.8) is 0 Å². The first kappa shape index (κ1) is 15.4. The molecule has 0 aliphatic heterocycles. The molecule has 6 nitrogen and oxygen atoms in total. The van der Waals surface area contributed by atoms with Crippen LogP contribution in [0.25, 0.3) is 0 Å². The molecule has 0 saturated carbocycles. The van der Waals surface area contributed by atoms with Gasteiger partial charge in [-0.3, -0.25) is 4.57 Å². The van der Waals surface area contributed by atoms with E-state index in [9.17, 15) is 14.0 Å². The third-order valence-corrected chi connectivity index (χ3v) is 2.96. The average molecular weight is 229 g/mol. The first-order chi connectivity index (χ1) is 5.48. The Balaban J connectivity index is 0. The van der Waals surface area contributed by atoms with Crippen LogP contribution in [-0.2, 0) is 18.0 Å². The molecule has 0 radical (unpaired) electrons. The molecule has 13 heavy (non-hydrogen) atoms. The normalized spacial score (nSPS) is 16.4. The highest BCUT2D eigenvalue weighted by atomic mass is 31.2. The fraction of sp³-hybridized carbons (Fsp3) is 0.600. The number of hydrogen-bond donors (Lipinski definition) is 0. The molecule has 0 aromatic carbocycles. The molecule has 0 aliphatic rings. The molecule has 0 fully saturated rings. The topological polar surface area (TPSA) is 106 Å². The van der Waals surface area contributed by atoms with E-state index in [1.54, 1.807) is 13.0 Å². The summed E-state index contributed by atoms with van der Waals surface area (Å²) in [7, 11) is -6.55. The summed E-state index contributed by atoms with van der Waals surface area (Å²) in [6, 6.07) is 0. The van der Waals surface area contributed by atoms with Crippen molar-refractivity contribution in [2.24, 2.45) is 0 Å². The van der Waals surface area contributed by atoms with E-state index >= 15 is 0 Å². The molecule has 2 atom stereocenters. The summed E-state index contributed by atoms with van der Waals surface area (Å²) in [5.74, 6) is 0. The molecule has 8 heteroatoms. The van der Waals surface area contributed by atoms with Crippen LogP contribution in [0.5, 0.6) is 0 Å². The zero-order valence-electron chi connectivity index (χ0n) is 7.24. The van der Waals surface area contributed by atoms with Crippen LogP contribution < -0.4 is 4.89 Å². The molecule has 1 N–H and O–H groups in total. The second-order valence-corrected chi connectivity index (χ2v) is 4.52. The van der Waals surface area contributed by atoms with Gasteiger partial charge in [-0.05, 0) is 11.5 Å². The van der Waals surface area contributed by atoms with E-state index in [-0.39, 0.29) is 12.1 Å². The maximum Gasteiger partial charge on any atom is 0.512 e. The minimum Gasteiger partial charge on any atom is -0.870 e. The van der Waals surface area contributed by atoms with Gasteiger partial charge in [0.2, 0.25) is 0 Å². The van der Waals surface area contributed by atoms with Crippen LogP contribution in [0.15, 0.2) is 12.2 Å². The summed E-state index contributed by atoms with van der Waals surface area (Å²) >= 11 is 0. The van der Waals surface area contributed by atoms with E-state index < -0.39 is 15.9 Å². The Morgan fingerprint density at radius 2 is 2.15 bits per heavy atom. The van der Waals surface area contributed by atoms with Crippen LogP contribution in [0, 0.1) is 0 Å². The van der Waals surface area contributed by atoms with Gasteiger partial charge in [0.15, 0.2) is 6.66 Å². The van der Waals surface area contributed by atoms with Crippen molar-refractivity contribution in [2.45, 2.75) is 6.92 Å². The molecule has 2 unspecified atom stereocenters. The van der Waals surface area contributed by atoms with Gasteiger partial charge in [0.25, 0.3) is 0 Å². The van der Waals surface area contributed by atoms with Crippen molar-refractivity contribution in [1.82, 2.24) is 0 Å². The highest BCUT2D eigenvalue weighted by Gasteiger charge is 2.20. The lowest BCUT2D eigenvalue weighted by molar-refractivity contribution is -0.215. The lowest BCUT2D eigenvalue weighted by atomic mass is 10.6. The van der Waals surface area contributed by atoms with E-state index in [0.717, 1.165) is 6.66 Å². The predicted molar refractivity (Wildman–Crippen MR) is 44.9 cm³/mol. The first-order valence-electron chi connectivity index (χ1n) is 3.15. The van der Waals surface area contributed by atoms with Crippen molar-refractivity contribution in [3.8, 4) is 0 Å². The maximum absolute atomic E-state index is 10.7. The summed E-state index contributed by atoms with van der Waals surface area (Å²) in [5, 5.41) is 0. The molecule has 78 valence electrons. The smallest absolute Gasteiger partial charge is 0.512 e. The lowest BCUT2D eigenvalue weighted by Gasteiger charge is -2.13. The van der Waals surface area contributed by atoms with Crippen molar-refractivity contribution < 1.29 is 28.3 Å². The Kier molecular flexibility index (Phi) is 8.67. The molecule has 0 aliphatic carbocycles. The van der Waals surface area contributed by atoms with Crippen LogP contribution in [0.3, 0.4) is 0 Å². The van der Waals surface area contributed by atoms with Crippen LogP contribution in [0.1, 0.15) is 6.92 Å². The third kappa shape index (κ3) is 9.83. The second kappa shape index (κ2) is 7.33. The van der Waals surface area contributed by atoms with Gasteiger partial charge in [-0.1, -0.05) is 16.5 Å². The van der Waals surface area contributed by atoms with E-state index in [0.29, 0.717) is 0 Å². The SMILES string of the molecule is C/C=C/COP(=O)([O-])O[P+](C)=O.[OH-]. The zero-order valence-corrected chi connectivity index (χ0v) is 9.03. The van der Waals surface area contributed by atoms with Crippen LogP contribution in [0.2, 0.25) is 0 Å². The summed E-state index contributed by atoms with van der Waals surface area (Å²) in [5.41, 5.74) is 0. The van der Waals surface area contributed by atoms with Gasteiger partial charge in [-0.2, -0.15) is 0 Å². The lowest BCUT2D eigenvalue weighted by Crippen LogP contribution is -2.05. The first-order valence-corrected chi connectivity index (χ1v) is 6.24. The number of hydrogen-bond acceptors (Lipinski definition) is 6. The third-order valence-electron chi connectivity index (χ3n) is 0.780. The van der Waals surface area contributed by atoms with Crippen molar-refractivity contribution in [1.29, 1.82) is 0 Å². The van der Waals surface area contributed by atoms with Crippen LogP contribution >= 0.6 is 15.9 Å². The zero-order chi connectivity index (χ0) is 9.61. The summed E-state index contributed by atoms with van der Waals surface area (Å²) in [6.07, 6.45) is 3.13. The summed E-state index contributed by atoms with van der Waals surface area (Å²) in [6.45, 7) is 2.76. The van der Waals surface area contributed by atoms with Crippen molar-refractivity contribution in [3.05, 3.63) is 12.2 Å². The van der Waals surface area contributed by atoms with Gasteiger partial charge >= 0.3 is 15.9 Å². The van der Waals surface area contributed by atoms with Gasteiger partial charge in [-0.15, -0.1) is 0 Å². The molecule has 0 rings (SSSR count). The van der Waals surface area contributed by atoms with E-state index in [1.165, 1.54) is 6.08 Å². The minimum atomic E-state index is -4.36. The quantitative estimate of drug-likeness (QED) is 0.518. The van der Waals surface area contributed by atoms with Crippen molar-refractivity contribution >= 4 is 15.9 Å². The summed E-state index contributed by atoms with van der Waals surface area (Å²) in [4.78, 5) is 10.7. The van der Waals surface area contributed by atoms with Gasteiger partial charge in [0.1, 0.15) is 0 Å². The molecular weight excluding hydrogens is 218 g/mol. The second-order valence-electron chi connectivity index (χ2n) is 1.83. The maximum atomic E-state index is 10.7. The Hall–Kier alpha value is -0.0900. The summed E-state index contributed by atoms with van der Waals surface area (Å²) < 4.78 is 29.4. The Bertz CT molecular complexity index is 225. The Labute approximate surface area is 77.4 Å². The van der Waals surface area contributed by atoms with Crippen LogP contribution in [0.4, 0.5) is 0 Å². The Morgan fingerprint density at radius 3 is 2.54 bits per heavy atom. The molecule has 0 amide bonds. The molecule has 0 saturated heterocycles. The molecule has 0 spiro atoms. The van der Waals surface area contributed by atoms with Gasteiger partial charge in [0.05, 0.1) is 6.61 Å². The molecular formula is C5H11O6P2-. The molecule has 0 aromatic rings. The fourth-order valence-electron chi connectivity index (χ4n) is 0.395. The molecule has 0 heterocycles. The number of phosphoric acid groups is 1. The predicted octanol–water partition coefficient (Wildman–Crippen LogP) is 1.26. The van der Waals surface area contributed by atoms with Gasteiger partial charge in [0, 0.05) is 0 Å². The standard InChI is InChI=1S/C5H10O5P2.H2O/c1-3-4-5-9-12(7,8)10-11(2)6;/h3-4H,5H2,1-2H3;1H2/p-1/b4-3+;. The van der Waals surface area contributed by atoms with Gasteiger partial charge in [-0.25, -0.2) is 0 Å². The monoisotopic (exact) mass is 229 g/mol. The largest absolute Gasteiger partial charge is 0.870 e. The number of allylic oxidation sites excluding steroid dienone is 1. The van der Waals surface area contributed by atoms with E-state index in [4.69, 9.17) is 0 Å². The van der Waals surface area contributed by atoms with Crippen LogP contribution in [-0.4, -0.2) is 18.7 Å². The average Bonchev–Trinajstić information content (AvgIpc) is 1.84. The number of phosphoric ester groups is 1.